The Hall–Kier alpha value is -3.85. The fourth-order valence-electron chi connectivity index (χ4n) is 4.51. The summed E-state index contributed by atoms with van der Waals surface area (Å²) in [6.45, 7) is 9.08. The molecule has 3 aromatic carbocycles. The molecule has 41 heavy (non-hydrogen) atoms. The first-order valence-corrected chi connectivity index (χ1v) is 15.3. The second kappa shape index (κ2) is 14.2. The quantitative estimate of drug-likeness (QED) is 0.299. The van der Waals surface area contributed by atoms with Crippen LogP contribution in [0.2, 0.25) is 0 Å². The number of methoxy groups -OCH3 is 1. The van der Waals surface area contributed by atoms with Gasteiger partial charge in [-0.1, -0.05) is 56.3 Å². The van der Waals surface area contributed by atoms with Crippen molar-refractivity contribution >= 4 is 27.5 Å². The summed E-state index contributed by atoms with van der Waals surface area (Å²) >= 11 is 0. The van der Waals surface area contributed by atoms with Gasteiger partial charge in [0, 0.05) is 12.6 Å². The Morgan fingerprint density at radius 2 is 1.59 bits per heavy atom. The van der Waals surface area contributed by atoms with Gasteiger partial charge >= 0.3 is 0 Å². The summed E-state index contributed by atoms with van der Waals surface area (Å²) in [7, 11) is -2.54. The van der Waals surface area contributed by atoms with Crippen LogP contribution in [0.3, 0.4) is 0 Å². The van der Waals surface area contributed by atoms with Crippen molar-refractivity contribution in [3.8, 4) is 5.75 Å². The van der Waals surface area contributed by atoms with Gasteiger partial charge in [-0.3, -0.25) is 13.9 Å². The van der Waals surface area contributed by atoms with Crippen LogP contribution in [0.5, 0.6) is 5.75 Å². The normalized spacial score (nSPS) is 12.7. The van der Waals surface area contributed by atoms with Crippen molar-refractivity contribution in [1.29, 1.82) is 0 Å². The number of carbonyl (C=O) groups excluding carboxylic acids is 2. The minimum absolute atomic E-state index is 0.0700. The van der Waals surface area contributed by atoms with Gasteiger partial charge in [0.25, 0.3) is 10.0 Å². The number of amides is 2. The molecule has 0 heterocycles. The average molecular weight is 580 g/mol. The number of carbonyl (C=O) groups is 2. The van der Waals surface area contributed by atoms with Crippen LogP contribution in [-0.4, -0.2) is 50.9 Å². The number of hydrogen-bond donors (Lipinski definition) is 1. The Morgan fingerprint density at radius 1 is 0.927 bits per heavy atom. The third-order valence-corrected chi connectivity index (χ3v) is 8.92. The van der Waals surface area contributed by atoms with E-state index in [9.17, 15) is 18.0 Å². The highest BCUT2D eigenvalue weighted by Crippen LogP contribution is 2.28. The van der Waals surface area contributed by atoms with Crippen molar-refractivity contribution in [1.82, 2.24) is 10.2 Å². The molecular weight excluding hydrogens is 538 g/mol. The Balaban J connectivity index is 2.08. The van der Waals surface area contributed by atoms with Crippen LogP contribution in [0.4, 0.5) is 5.69 Å². The summed E-state index contributed by atoms with van der Waals surface area (Å²) in [4.78, 5) is 29.2. The van der Waals surface area contributed by atoms with E-state index < -0.39 is 28.5 Å². The molecular formula is C32H41N3O5S. The van der Waals surface area contributed by atoms with Crippen LogP contribution in [0.15, 0.2) is 77.7 Å². The molecule has 8 nitrogen and oxygen atoms in total. The molecule has 2 atom stereocenters. The second-order valence-corrected chi connectivity index (χ2v) is 12.1. The van der Waals surface area contributed by atoms with Crippen LogP contribution in [0, 0.1) is 13.8 Å². The third kappa shape index (κ3) is 7.88. The fraction of sp³-hybridized carbons (Fsp3) is 0.375. The van der Waals surface area contributed by atoms with E-state index in [4.69, 9.17) is 4.74 Å². The van der Waals surface area contributed by atoms with Gasteiger partial charge in [0.15, 0.2) is 0 Å². The molecule has 0 saturated carbocycles. The van der Waals surface area contributed by atoms with Crippen LogP contribution in [0.1, 0.15) is 50.3 Å². The number of anilines is 1. The summed E-state index contributed by atoms with van der Waals surface area (Å²) in [6.07, 6.45) is 1.10. The van der Waals surface area contributed by atoms with E-state index in [0.29, 0.717) is 23.4 Å². The predicted molar refractivity (Wildman–Crippen MR) is 162 cm³/mol. The molecule has 1 N–H and O–H groups in total. The van der Waals surface area contributed by atoms with Gasteiger partial charge in [0.2, 0.25) is 11.8 Å². The Morgan fingerprint density at radius 3 is 2.17 bits per heavy atom. The van der Waals surface area contributed by atoms with Crippen molar-refractivity contribution in [2.75, 3.05) is 18.0 Å². The van der Waals surface area contributed by atoms with Crippen LogP contribution >= 0.6 is 0 Å². The number of aryl methyl sites for hydroxylation is 2. The predicted octanol–water partition coefficient (Wildman–Crippen LogP) is 5.23. The Labute approximate surface area is 244 Å². The molecule has 3 aromatic rings. The zero-order valence-corrected chi connectivity index (χ0v) is 25.6. The molecule has 0 saturated heterocycles. The van der Waals surface area contributed by atoms with E-state index >= 15 is 0 Å². The highest BCUT2D eigenvalue weighted by molar-refractivity contribution is 7.92. The molecule has 0 fully saturated rings. The maximum Gasteiger partial charge on any atom is 0.264 e. The molecule has 0 aliphatic rings. The molecule has 0 bridgehead atoms. The molecule has 9 heteroatoms. The van der Waals surface area contributed by atoms with Crippen molar-refractivity contribution in [3.05, 3.63) is 89.5 Å². The third-order valence-electron chi connectivity index (χ3n) is 7.14. The van der Waals surface area contributed by atoms with E-state index in [1.807, 2.05) is 58.9 Å². The lowest BCUT2D eigenvalue weighted by Crippen LogP contribution is -2.53. The van der Waals surface area contributed by atoms with Crippen molar-refractivity contribution < 1.29 is 22.7 Å². The monoisotopic (exact) mass is 579 g/mol. The van der Waals surface area contributed by atoms with E-state index in [1.54, 1.807) is 43.5 Å². The highest BCUT2D eigenvalue weighted by atomic mass is 32.2. The zero-order valence-electron chi connectivity index (χ0n) is 24.8. The summed E-state index contributed by atoms with van der Waals surface area (Å²) in [5.74, 6) is -0.0801. The van der Waals surface area contributed by atoms with Gasteiger partial charge in [0.1, 0.15) is 18.3 Å². The molecule has 0 aromatic heterocycles. The van der Waals surface area contributed by atoms with E-state index in [1.165, 1.54) is 17.0 Å². The maximum absolute atomic E-state index is 14.2. The van der Waals surface area contributed by atoms with E-state index in [-0.39, 0.29) is 23.4 Å². The van der Waals surface area contributed by atoms with Crippen LogP contribution in [0.25, 0.3) is 0 Å². The molecule has 0 aliphatic heterocycles. The summed E-state index contributed by atoms with van der Waals surface area (Å²) in [5.41, 5.74) is 2.79. The summed E-state index contributed by atoms with van der Waals surface area (Å²) in [5, 5.41) is 2.99. The molecule has 2 amide bonds. The first-order chi connectivity index (χ1) is 19.5. The van der Waals surface area contributed by atoms with Gasteiger partial charge in [-0.25, -0.2) is 8.42 Å². The molecule has 0 radical (unpaired) electrons. The SMILES string of the molecule is CC[C@@H](C)NC(=O)[C@@H](CC)N(Cc1ccc(OC)cc1)C(=O)CN(c1cc(C)ccc1C)S(=O)(=O)c1ccccc1. The average Bonchev–Trinajstić information content (AvgIpc) is 2.97. The zero-order chi connectivity index (χ0) is 30.2. The van der Waals surface area contributed by atoms with Crippen LogP contribution in [-0.2, 0) is 26.2 Å². The maximum atomic E-state index is 14.2. The number of benzene rings is 3. The Bertz CT molecular complexity index is 1430. The van der Waals surface area contributed by atoms with Crippen molar-refractivity contribution in [3.63, 3.8) is 0 Å². The molecule has 0 unspecified atom stereocenters. The van der Waals surface area contributed by atoms with Crippen molar-refractivity contribution in [2.45, 2.75) is 71.0 Å². The molecule has 0 aliphatic carbocycles. The summed E-state index contributed by atoms with van der Waals surface area (Å²) < 4.78 is 34.4. The first kappa shape index (κ1) is 31.7. The topological polar surface area (TPSA) is 96.0 Å². The van der Waals surface area contributed by atoms with Gasteiger partial charge in [-0.15, -0.1) is 0 Å². The number of sulfonamides is 1. The summed E-state index contributed by atoms with van der Waals surface area (Å²) in [6, 6.07) is 20.0. The largest absolute Gasteiger partial charge is 0.497 e. The van der Waals surface area contributed by atoms with E-state index in [2.05, 4.69) is 5.32 Å². The van der Waals surface area contributed by atoms with Gasteiger partial charge in [-0.2, -0.15) is 0 Å². The number of nitrogens with zero attached hydrogens (tertiary/aromatic N) is 2. The van der Waals surface area contributed by atoms with Gasteiger partial charge in [-0.05, 0) is 80.6 Å². The fourth-order valence-corrected chi connectivity index (χ4v) is 6.00. The van der Waals surface area contributed by atoms with Gasteiger partial charge in [0.05, 0.1) is 17.7 Å². The van der Waals surface area contributed by atoms with Gasteiger partial charge < -0.3 is 15.0 Å². The Kier molecular flexibility index (Phi) is 10.9. The minimum atomic E-state index is -4.11. The lowest BCUT2D eigenvalue weighted by molar-refractivity contribution is -0.140. The smallest absolute Gasteiger partial charge is 0.264 e. The number of hydrogen-bond acceptors (Lipinski definition) is 5. The number of nitrogens with one attached hydrogen (secondary N) is 1. The lowest BCUT2D eigenvalue weighted by Gasteiger charge is -2.34. The molecule has 0 spiro atoms. The van der Waals surface area contributed by atoms with Crippen molar-refractivity contribution in [2.24, 2.45) is 0 Å². The minimum Gasteiger partial charge on any atom is -0.497 e. The highest BCUT2D eigenvalue weighted by Gasteiger charge is 2.34. The van der Waals surface area contributed by atoms with E-state index in [0.717, 1.165) is 21.9 Å². The number of rotatable bonds is 13. The van der Waals surface area contributed by atoms with Crippen LogP contribution < -0.4 is 14.4 Å². The second-order valence-electron chi connectivity index (χ2n) is 10.2. The first-order valence-electron chi connectivity index (χ1n) is 13.9. The standard InChI is InChI=1S/C32H41N3O5S/c1-7-25(5)33-32(37)29(8-2)34(21-26-16-18-27(40-6)19-17-26)31(36)22-35(30-20-23(3)14-15-24(30)4)41(38,39)28-12-10-9-11-13-28/h9-20,25,29H,7-8,21-22H2,1-6H3,(H,33,37)/t25-,29-/m1/s1. The molecule has 3 rings (SSSR count). The number of ether oxygens (including phenoxy) is 1. The lowest BCUT2D eigenvalue weighted by atomic mass is 10.1. The molecule has 220 valence electrons.